The summed E-state index contributed by atoms with van der Waals surface area (Å²) in [6.07, 6.45) is -53.9. The Kier molecular flexibility index (Phi) is 25.1. The molecule has 0 spiro atoms. The first-order valence-electron chi connectivity index (χ1n) is 25.5. The number of aliphatic hydroxyl groups excluding tert-OH is 18. The average Bonchev–Trinajstić information content (AvgIpc) is 3.44. The molecule has 36 nitrogen and oxygen atoms in total. The van der Waals surface area contributed by atoms with Crippen LogP contribution in [0.4, 0.5) is 0 Å². The predicted molar refractivity (Wildman–Crippen MR) is 252 cm³/mol. The van der Waals surface area contributed by atoms with Gasteiger partial charge in [0.15, 0.2) is 25.2 Å². The Labute approximate surface area is 459 Å². The maximum atomic E-state index is 12.9. The molecule has 0 saturated carbocycles. The van der Waals surface area contributed by atoms with E-state index < -0.39 is 253 Å². The third kappa shape index (κ3) is 15.8. The Hall–Kier alpha value is -3.24. The molecule has 3 amide bonds. The van der Waals surface area contributed by atoms with E-state index in [0.29, 0.717) is 0 Å². The van der Waals surface area contributed by atoms with Crippen LogP contribution in [0.5, 0.6) is 0 Å². The first-order valence-corrected chi connectivity index (χ1v) is 25.5. The Morgan fingerprint density at radius 2 is 1.09 bits per heavy atom. The number of nitrogens with one attached hydrogen (secondary N) is 3. The second-order valence-corrected chi connectivity index (χ2v) is 20.2. The quantitative estimate of drug-likeness (QED) is 0.0404. The molecule has 0 radical (unpaired) electrons. The number of hydrogen-bond acceptors (Lipinski definition) is 32. The van der Waals surface area contributed by atoms with Crippen molar-refractivity contribution in [2.75, 3.05) is 39.6 Å². The SMILES string of the molecule is CC(=O)N[C@H]1[C@H](O[C@@H]([C@@H](O)[C@H](O)CO[C@]2(C(=O)O)C[C@H](O)[C@@H](NC(C)=O)[C@H]([C@H](O)[C@H](O)CO)O2)[C@H](CO)NC(C)=O)O[C@H](CO)[C@@H](O[C@@H]2O[C@H](CO)[C@H](O)[C@H](O[C@H]3O[C@H](CO)[C@H](O)[C@H](O)[C@H]3O)[C@H]2O[C@@H]2O[C@@H](C)[C@@H](O)[C@@H](O)[C@@H]2O)[C@@H]1O. The van der Waals surface area contributed by atoms with Crippen molar-refractivity contribution in [3.8, 4) is 0 Å². The number of carbonyl (C=O) groups is 4. The van der Waals surface area contributed by atoms with E-state index >= 15 is 0 Å². The number of ether oxygens (including phenoxy) is 10. The summed E-state index contributed by atoms with van der Waals surface area (Å²) in [6, 6.07) is -5.41. The lowest BCUT2D eigenvalue weighted by Gasteiger charge is -2.51. The molecule has 22 N–H and O–H groups in total. The molecule has 0 bridgehead atoms. The van der Waals surface area contributed by atoms with Crippen LogP contribution in [-0.4, -0.2) is 344 Å². The number of carboxylic acids is 1. The van der Waals surface area contributed by atoms with Gasteiger partial charge in [-0.2, -0.15) is 0 Å². The van der Waals surface area contributed by atoms with E-state index in [4.69, 9.17) is 47.4 Å². The minimum Gasteiger partial charge on any atom is -0.477 e. The molecule has 81 heavy (non-hydrogen) atoms. The van der Waals surface area contributed by atoms with E-state index in [1.807, 2.05) is 0 Å². The number of hydrogen-bond donors (Lipinski definition) is 22. The zero-order valence-corrected chi connectivity index (χ0v) is 43.9. The minimum absolute atomic E-state index is 0.816. The van der Waals surface area contributed by atoms with Gasteiger partial charge < -0.3 is 160 Å². The molecule has 5 saturated heterocycles. The van der Waals surface area contributed by atoms with Crippen molar-refractivity contribution in [1.29, 1.82) is 0 Å². The van der Waals surface area contributed by atoms with Gasteiger partial charge in [-0.1, -0.05) is 0 Å². The highest BCUT2D eigenvalue weighted by Gasteiger charge is 2.59. The van der Waals surface area contributed by atoms with Crippen molar-refractivity contribution in [2.24, 2.45) is 0 Å². The van der Waals surface area contributed by atoms with Crippen LogP contribution in [-0.2, 0) is 66.5 Å². The number of amides is 3. The van der Waals surface area contributed by atoms with E-state index in [0.717, 1.165) is 20.8 Å². The molecule has 0 aromatic carbocycles. The van der Waals surface area contributed by atoms with E-state index in [9.17, 15) is 116 Å². The average molecular weight is 1190 g/mol. The summed E-state index contributed by atoms with van der Waals surface area (Å²) in [6.45, 7) is -2.70. The van der Waals surface area contributed by atoms with E-state index in [-0.39, 0.29) is 0 Å². The van der Waals surface area contributed by atoms with Gasteiger partial charge in [0, 0.05) is 27.2 Å². The fraction of sp³-hybridized carbons (Fsp3) is 0.911. The summed E-state index contributed by atoms with van der Waals surface area (Å²) in [5.74, 6) is -7.78. The molecule has 0 aliphatic carbocycles. The lowest BCUT2D eigenvalue weighted by Crippen LogP contribution is -2.70. The van der Waals surface area contributed by atoms with Gasteiger partial charge >= 0.3 is 5.97 Å². The van der Waals surface area contributed by atoms with Crippen molar-refractivity contribution in [3.05, 3.63) is 0 Å². The fourth-order valence-electron chi connectivity index (χ4n) is 9.84. The Bertz CT molecular complexity index is 2020. The first kappa shape index (κ1) is 68.5. The van der Waals surface area contributed by atoms with Gasteiger partial charge in [0.1, 0.15) is 128 Å². The molecule has 36 heteroatoms. The molecule has 5 fully saturated rings. The van der Waals surface area contributed by atoms with E-state index in [1.165, 1.54) is 6.92 Å². The number of carbonyl (C=O) groups excluding carboxylic acids is 3. The summed E-state index contributed by atoms with van der Waals surface area (Å²) >= 11 is 0. The maximum absolute atomic E-state index is 12.9. The Morgan fingerprint density at radius 1 is 0.568 bits per heavy atom. The maximum Gasteiger partial charge on any atom is 0.364 e. The van der Waals surface area contributed by atoms with Gasteiger partial charge in [0.2, 0.25) is 17.7 Å². The zero-order valence-electron chi connectivity index (χ0n) is 43.9. The van der Waals surface area contributed by atoms with Gasteiger partial charge in [-0.15, -0.1) is 0 Å². The van der Waals surface area contributed by atoms with Crippen molar-refractivity contribution in [2.45, 2.75) is 217 Å². The second kappa shape index (κ2) is 29.7. The molecule has 0 aromatic rings. The standard InChI is InChI=1S/C45H77N3O33/c1-12-25(60)31(66)33(68)41(73-12)80-39-38(79-42-34(69)32(67)28(63)20(8-51)74-42)29(64)21(9-52)75-43(39)78-36-22(10-53)76-40(24(30(36)65)48-15(4)56)77-35(16(6-49)46-13(2)54)27(62)19(59)11-72-45(44(70)71)5-17(57)23(47-14(3)55)37(81-45)26(61)18(58)7-50/h12,16-43,49-53,57-69H,5-11H2,1-4H3,(H,46,54)(H,47,55)(H,48,56)(H,70,71)/t12-,16-,17-,18+,19+,20+,21+,22+,23+,24+,25+,26+,27-,28-,29-,30+,31+,32-,33-,34+,35+,36+,37+,38-,39+,40-,41-,42+,43-,45+/m0/s1. The minimum atomic E-state index is -3.07. The molecule has 5 aliphatic rings. The molecular formula is C45H77N3O33. The van der Waals surface area contributed by atoms with E-state index in [2.05, 4.69) is 16.0 Å². The summed E-state index contributed by atoms with van der Waals surface area (Å²) in [7, 11) is 0. The molecule has 30 atom stereocenters. The second-order valence-electron chi connectivity index (χ2n) is 20.2. The first-order chi connectivity index (χ1) is 38.0. The van der Waals surface area contributed by atoms with Gasteiger partial charge in [-0.25, -0.2) is 4.79 Å². The molecule has 5 rings (SSSR count). The Morgan fingerprint density at radius 3 is 1.63 bits per heavy atom. The van der Waals surface area contributed by atoms with Crippen LogP contribution in [0, 0.1) is 0 Å². The topological polar surface area (TPSA) is 581 Å². The molecular weight excluding hydrogens is 1110 g/mol. The van der Waals surface area contributed by atoms with Crippen molar-refractivity contribution < 1.29 is 164 Å². The van der Waals surface area contributed by atoms with Gasteiger partial charge in [0.05, 0.1) is 63.9 Å². The van der Waals surface area contributed by atoms with Crippen molar-refractivity contribution in [3.63, 3.8) is 0 Å². The number of aliphatic hydroxyl groups is 18. The van der Waals surface area contributed by atoms with Crippen LogP contribution in [0.25, 0.3) is 0 Å². The lowest BCUT2D eigenvalue weighted by atomic mass is 9.88. The van der Waals surface area contributed by atoms with Crippen molar-refractivity contribution >= 4 is 23.7 Å². The Balaban J connectivity index is 1.49. The molecule has 5 heterocycles. The van der Waals surface area contributed by atoms with Crippen LogP contribution in [0.3, 0.4) is 0 Å². The molecule has 5 aliphatic heterocycles. The lowest BCUT2D eigenvalue weighted by molar-refractivity contribution is -0.403. The largest absolute Gasteiger partial charge is 0.477 e. The van der Waals surface area contributed by atoms with Crippen LogP contribution in [0.15, 0.2) is 0 Å². The van der Waals surface area contributed by atoms with Gasteiger partial charge in [-0.3, -0.25) is 14.4 Å². The number of rotatable bonds is 25. The molecule has 0 aromatic heterocycles. The highest BCUT2D eigenvalue weighted by atomic mass is 16.8. The monoisotopic (exact) mass is 1190 g/mol. The third-order valence-electron chi connectivity index (χ3n) is 14.2. The number of aliphatic carboxylic acids is 1. The highest BCUT2D eigenvalue weighted by Crippen LogP contribution is 2.38. The number of carboxylic acid groups (broad SMARTS) is 1. The zero-order chi connectivity index (χ0) is 60.7. The van der Waals surface area contributed by atoms with Gasteiger partial charge in [0.25, 0.3) is 5.79 Å². The summed E-state index contributed by atoms with van der Waals surface area (Å²) in [4.78, 5) is 50.1. The van der Waals surface area contributed by atoms with Gasteiger partial charge in [-0.05, 0) is 6.92 Å². The van der Waals surface area contributed by atoms with Crippen LogP contribution in [0.2, 0.25) is 0 Å². The van der Waals surface area contributed by atoms with Crippen LogP contribution >= 0.6 is 0 Å². The molecule has 0 unspecified atom stereocenters. The summed E-state index contributed by atoms with van der Waals surface area (Å²) in [5.41, 5.74) is 0. The predicted octanol–water partition coefficient (Wildman–Crippen LogP) is -13.8. The third-order valence-corrected chi connectivity index (χ3v) is 14.2. The highest BCUT2D eigenvalue weighted by molar-refractivity contribution is 5.77. The molecule has 470 valence electrons. The van der Waals surface area contributed by atoms with Crippen LogP contribution < -0.4 is 16.0 Å². The van der Waals surface area contributed by atoms with Crippen molar-refractivity contribution in [1.82, 2.24) is 16.0 Å². The normalized spacial score (nSPS) is 42.6. The van der Waals surface area contributed by atoms with E-state index in [1.54, 1.807) is 0 Å². The summed E-state index contributed by atoms with van der Waals surface area (Å²) < 4.78 is 58.0. The smallest absolute Gasteiger partial charge is 0.364 e. The fourth-order valence-corrected chi connectivity index (χ4v) is 9.84. The van der Waals surface area contributed by atoms with Crippen LogP contribution in [0.1, 0.15) is 34.1 Å². The summed E-state index contributed by atoms with van der Waals surface area (Å²) in [5, 5.41) is 211.